The van der Waals surface area contributed by atoms with Crippen LogP contribution in [-0.4, -0.2) is 40.9 Å². The minimum Gasteiger partial charge on any atom is -0.410 e. The average Bonchev–Trinajstić information content (AvgIpc) is 2.73. The summed E-state index contributed by atoms with van der Waals surface area (Å²) in [4.78, 5) is 12.9. The Morgan fingerprint density at radius 2 is 2.11 bits per heavy atom. The van der Waals surface area contributed by atoms with Crippen molar-refractivity contribution in [2.45, 2.75) is 31.5 Å². The fourth-order valence-corrected chi connectivity index (χ4v) is 2.11. The van der Waals surface area contributed by atoms with Crippen LogP contribution in [0.15, 0.2) is 9.64 Å². The van der Waals surface area contributed by atoms with Crippen molar-refractivity contribution in [1.82, 2.24) is 15.1 Å². The first-order valence-electron chi connectivity index (χ1n) is 5.89. The molecule has 0 spiro atoms. The SMILES string of the molecule is CC(C)CC([NH3+])c1nnc(SCC(=O)N(C)C)o1. The maximum Gasteiger partial charge on any atom is 0.277 e. The molecule has 0 aliphatic heterocycles. The van der Waals surface area contributed by atoms with Crippen molar-refractivity contribution in [3.05, 3.63) is 5.89 Å². The van der Waals surface area contributed by atoms with Gasteiger partial charge in [-0.3, -0.25) is 4.79 Å². The predicted molar refractivity (Wildman–Crippen MR) is 68.8 cm³/mol. The Labute approximate surface area is 111 Å². The molecule has 3 N–H and O–H groups in total. The molecule has 0 aliphatic carbocycles. The molecule has 6 nitrogen and oxygen atoms in total. The van der Waals surface area contributed by atoms with Gasteiger partial charge in [-0.25, -0.2) is 0 Å². The van der Waals surface area contributed by atoms with Crippen LogP contribution in [0, 0.1) is 5.92 Å². The predicted octanol–water partition coefficient (Wildman–Crippen LogP) is 0.579. The van der Waals surface area contributed by atoms with Gasteiger partial charge in [-0.05, 0) is 5.92 Å². The number of carbonyl (C=O) groups excluding carboxylic acids is 1. The van der Waals surface area contributed by atoms with Crippen molar-refractivity contribution in [2.24, 2.45) is 5.92 Å². The molecule has 1 amide bonds. The van der Waals surface area contributed by atoms with Crippen molar-refractivity contribution >= 4 is 17.7 Å². The highest BCUT2D eigenvalue weighted by atomic mass is 32.2. The molecular formula is C11H21N4O2S+. The van der Waals surface area contributed by atoms with Crippen LogP contribution in [0.3, 0.4) is 0 Å². The highest BCUT2D eigenvalue weighted by Crippen LogP contribution is 2.21. The maximum atomic E-state index is 11.4. The van der Waals surface area contributed by atoms with Gasteiger partial charge in [0, 0.05) is 20.5 Å². The second-order valence-electron chi connectivity index (χ2n) is 4.81. The Bertz CT molecular complexity index is 392. The van der Waals surface area contributed by atoms with Gasteiger partial charge in [0.25, 0.3) is 11.1 Å². The molecule has 7 heteroatoms. The lowest BCUT2D eigenvalue weighted by Gasteiger charge is -2.07. The lowest BCUT2D eigenvalue weighted by Crippen LogP contribution is -2.54. The third kappa shape index (κ3) is 4.66. The molecule has 0 fully saturated rings. The molecule has 0 aromatic carbocycles. The van der Waals surface area contributed by atoms with E-state index < -0.39 is 0 Å². The highest BCUT2D eigenvalue weighted by molar-refractivity contribution is 7.99. The first kappa shape index (κ1) is 15.0. The lowest BCUT2D eigenvalue weighted by atomic mass is 10.1. The van der Waals surface area contributed by atoms with Crippen molar-refractivity contribution in [2.75, 3.05) is 19.8 Å². The smallest absolute Gasteiger partial charge is 0.277 e. The molecule has 0 saturated carbocycles. The monoisotopic (exact) mass is 273 g/mol. The lowest BCUT2D eigenvalue weighted by molar-refractivity contribution is -0.435. The summed E-state index contributed by atoms with van der Waals surface area (Å²) >= 11 is 1.25. The molecule has 1 rings (SSSR count). The van der Waals surface area contributed by atoms with E-state index in [-0.39, 0.29) is 11.9 Å². The summed E-state index contributed by atoms with van der Waals surface area (Å²) in [6, 6.07) is 0.0106. The van der Waals surface area contributed by atoms with Crippen molar-refractivity contribution in [3.8, 4) is 0 Å². The molecule has 0 bridgehead atoms. The van der Waals surface area contributed by atoms with E-state index in [1.807, 2.05) is 0 Å². The van der Waals surface area contributed by atoms with E-state index in [2.05, 4.69) is 29.8 Å². The first-order chi connectivity index (χ1) is 8.40. The van der Waals surface area contributed by atoms with Gasteiger partial charge in [0.2, 0.25) is 5.91 Å². The van der Waals surface area contributed by atoms with Crippen LogP contribution < -0.4 is 5.73 Å². The number of thioether (sulfide) groups is 1. The fraction of sp³-hybridized carbons (Fsp3) is 0.727. The second-order valence-corrected chi connectivity index (χ2v) is 5.74. The maximum absolute atomic E-state index is 11.4. The normalized spacial score (nSPS) is 12.8. The topological polar surface area (TPSA) is 86.9 Å². The molecule has 1 aromatic heterocycles. The number of hydrogen-bond acceptors (Lipinski definition) is 5. The van der Waals surface area contributed by atoms with Crippen LogP contribution in [0.5, 0.6) is 0 Å². The summed E-state index contributed by atoms with van der Waals surface area (Å²) < 4.78 is 5.48. The quantitative estimate of drug-likeness (QED) is 0.766. The molecule has 102 valence electrons. The third-order valence-electron chi connectivity index (χ3n) is 2.35. The molecule has 0 radical (unpaired) electrons. The van der Waals surface area contributed by atoms with Crippen LogP contribution in [-0.2, 0) is 4.79 Å². The Hall–Kier alpha value is -1.08. The largest absolute Gasteiger partial charge is 0.410 e. The Kier molecular flexibility index (Phi) is 5.61. The van der Waals surface area contributed by atoms with E-state index in [0.717, 1.165) is 6.42 Å². The Morgan fingerprint density at radius 1 is 1.44 bits per heavy atom. The molecule has 0 aliphatic rings. The molecule has 1 atom stereocenters. The van der Waals surface area contributed by atoms with Crippen LogP contribution in [0.25, 0.3) is 0 Å². The summed E-state index contributed by atoms with van der Waals surface area (Å²) in [6.07, 6.45) is 0.906. The van der Waals surface area contributed by atoms with E-state index in [9.17, 15) is 4.79 Å². The van der Waals surface area contributed by atoms with Gasteiger partial charge in [-0.15, -0.1) is 10.2 Å². The van der Waals surface area contributed by atoms with Crippen LogP contribution in [0.4, 0.5) is 0 Å². The summed E-state index contributed by atoms with van der Waals surface area (Å²) in [5.74, 6) is 1.41. The minimum absolute atomic E-state index is 0.0106. The molecule has 18 heavy (non-hydrogen) atoms. The van der Waals surface area contributed by atoms with E-state index in [1.165, 1.54) is 16.7 Å². The minimum atomic E-state index is 0.0106. The van der Waals surface area contributed by atoms with Crippen molar-refractivity contribution in [1.29, 1.82) is 0 Å². The van der Waals surface area contributed by atoms with Gasteiger partial charge in [0.15, 0.2) is 6.04 Å². The van der Waals surface area contributed by atoms with Crippen LogP contribution in [0.2, 0.25) is 0 Å². The zero-order chi connectivity index (χ0) is 13.7. The van der Waals surface area contributed by atoms with Crippen molar-refractivity contribution in [3.63, 3.8) is 0 Å². The van der Waals surface area contributed by atoms with Crippen molar-refractivity contribution < 1.29 is 14.9 Å². The number of nitrogens with zero attached hydrogens (tertiary/aromatic N) is 3. The fourth-order valence-electron chi connectivity index (χ4n) is 1.37. The van der Waals surface area contributed by atoms with Gasteiger partial charge < -0.3 is 15.1 Å². The zero-order valence-electron chi connectivity index (χ0n) is 11.3. The Balaban J connectivity index is 2.50. The van der Waals surface area contributed by atoms with Gasteiger partial charge in [-0.2, -0.15) is 0 Å². The number of carbonyl (C=O) groups is 1. The summed E-state index contributed by atoms with van der Waals surface area (Å²) in [6.45, 7) is 4.25. The summed E-state index contributed by atoms with van der Waals surface area (Å²) in [5, 5.41) is 8.31. The van der Waals surface area contributed by atoms with Gasteiger partial charge >= 0.3 is 0 Å². The number of hydrogen-bond donors (Lipinski definition) is 1. The molecule has 0 saturated heterocycles. The van der Waals surface area contributed by atoms with E-state index >= 15 is 0 Å². The van der Waals surface area contributed by atoms with E-state index in [1.54, 1.807) is 14.1 Å². The number of aromatic nitrogens is 2. The first-order valence-corrected chi connectivity index (χ1v) is 6.88. The number of rotatable bonds is 6. The molecule has 1 unspecified atom stereocenters. The number of amides is 1. The van der Waals surface area contributed by atoms with E-state index in [4.69, 9.17) is 4.42 Å². The average molecular weight is 273 g/mol. The van der Waals surface area contributed by atoms with Gasteiger partial charge in [0.05, 0.1) is 5.75 Å². The Morgan fingerprint density at radius 3 is 2.67 bits per heavy atom. The summed E-state index contributed by atoms with van der Waals surface area (Å²) in [7, 11) is 3.44. The second kappa shape index (κ2) is 6.75. The number of quaternary nitrogens is 1. The van der Waals surface area contributed by atoms with Gasteiger partial charge in [-0.1, -0.05) is 25.6 Å². The standard InChI is InChI=1S/C11H20N4O2S/c1-7(2)5-8(12)10-13-14-11(17-10)18-6-9(16)15(3)4/h7-8H,5-6,12H2,1-4H3/p+1. The van der Waals surface area contributed by atoms with E-state index in [0.29, 0.717) is 22.8 Å². The highest BCUT2D eigenvalue weighted by Gasteiger charge is 2.19. The van der Waals surface area contributed by atoms with Crippen LogP contribution in [0.1, 0.15) is 32.2 Å². The third-order valence-corrected chi connectivity index (χ3v) is 3.15. The molecule has 1 aromatic rings. The van der Waals surface area contributed by atoms with Crippen LogP contribution >= 0.6 is 11.8 Å². The van der Waals surface area contributed by atoms with Gasteiger partial charge in [0.1, 0.15) is 0 Å². The molecular weight excluding hydrogens is 252 g/mol. The molecule has 1 heterocycles. The zero-order valence-corrected chi connectivity index (χ0v) is 12.2. The summed E-state index contributed by atoms with van der Waals surface area (Å²) in [5.41, 5.74) is 4.00.